The Morgan fingerprint density at radius 3 is 2.52 bits per heavy atom. The maximum Gasteiger partial charge on any atom is 0.245 e. The first kappa shape index (κ1) is 25.8. The Labute approximate surface area is 234 Å². The van der Waals surface area contributed by atoms with E-state index in [1.807, 2.05) is 78.8 Å². The van der Waals surface area contributed by atoms with Gasteiger partial charge in [-0.25, -0.2) is 0 Å². The van der Waals surface area contributed by atoms with Gasteiger partial charge >= 0.3 is 0 Å². The fraction of sp³-hybridized carbons (Fsp3) is 0.235. The van der Waals surface area contributed by atoms with E-state index in [9.17, 15) is 9.59 Å². The quantitative estimate of drug-likeness (QED) is 0.299. The van der Waals surface area contributed by atoms with E-state index in [1.54, 1.807) is 4.90 Å². The molecule has 2 heterocycles. The molecule has 6 heteroatoms. The van der Waals surface area contributed by atoms with Gasteiger partial charge in [-0.05, 0) is 39.9 Å². The van der Waals surface area contributed by atoms with Gasteiger partial charge in [-0.1, -0.05) is 91.0 Å². The summed E-state index contributed by atoms with van der Waals surface area (Å²) in [6.45, 7) is 1.63. The van der Waals surface area contributed by atoms with Crippen LogP contribution in [-0.4, -0.2) is 58.8 Å². The van der Waals surface area contributed by atoms with Gasteiger partial charge in [-0.15, -0.1) is 0 Å². The monoisotopic (exact) mass is 530 g/mol. The predicted molar refractivity (Wildman–Crippen MR) is 160 cm³/mol. The van der Waals surface area contributed by atoms with E-state index >= 15 is 0 Å². The van der Waals surface area contributed by atoms with Crippen LogP contribution < -0.4 is 5.32 Å². The first-order valence-corrected chi connectivity index (χ1v) is 13.9. The first-order valence-electron chi connectivity index (χ1n) is 13.9. The molecule has 2 amide bonds. The second-order valence-corrected chi connectivity index (χ2v) is 10.7. The maximum atomic E-state index is 14.1. The number of rotatable bonds is 8. The molecule has 1 aliphatic rings. The molecule has 1 aromatic heterocycles. The van der Waals surface area contributed by atoms with Gasteiger partial charge in [-0.2, -0.15) is 0 Å². The summed E-state index contributed by atoms with van der Waals surface area (Å²) >= 11 is 0. The van der Waals surface area contributed by atoms with Crippen LogP contribution >= 0.6 is 0 Å². The summed E-state index contributed by atoms with van der Waals surface area (Å²) in [5.74, 6) is -0.0677. The molecular formula is C34H34N4O2. The van der Waals surface area contributed by atoms with Crippen LogP contribution in [0.15, 0.2) is 103 Å². The minimum Gasteiger partial charge on any atom is -0.361 e. The lowest BCUT2D eigenvalue weighted by Crippen LogP contribution is -2.62. The number of benzene rings is 4. The van der Waals surface area contributed by atoms with Crippen LogP contribution in [-0.2, 0) is 29.0 Å². The number of amides is 2. The first-order chi connectivity index (χ1) is 19.6. The normalized spacial score (nSPS) is 16.4. The number of likely N-dealkylation sites (N-methyl/N-ethyl adjacent to an activating group) is 1. The van der Waals surface area contributed by atoms with Crippen molar-refractivity contribution in [3.63, 3.8) is 0 Å². The van der Waals surface area contributed by atoms with Gasteiger partial charge in [0.05, 0.1) is 6.04 Å². The summed E-state index contributed by atoms with van der Waals surface area (Å²) in [7, 11) is 1.83. The fourth-order valence-corrected chi connectivity index (χ4v) is 5.86. The van der Waals surface area contributed by atoms with Gasteiger partial charge in [0.15, 0.2) is 0 Å². The third kappa shape index (κ3) is 5.36. The number of H-pyrrole nitrogens is 1. The molecule has 2 atom stereocenters. The highest BCUT2D eigenvalue weighted by Gasteiger charge is 2.37. The molecule has 5 aromatic rings. The zero-order valence-corrected chi connectivity index (χ0v) is 22.7. The van der Waals surface area contributed by atoms with Crippen molar-refractivity contribution in [1.82, 2.24) is 20.1 Å². The summed E-state index contributed by atoms with van der Waals surface area (Å²) in [6.07, 6.45) is 3.02. The molecule has 40 heavy (non-hydrogen) atoms. The van der Waals surface area contributed by atoms with Crippen molar-refractivity contribution < 1.29 is 9.59 Å². The van der Waals surface area contributed by atoms with Crippen molar-refractivity contribution in [2.75, 3.05) is 20.1 Å². The number of aromatic nitrogens is 1. The number of carbonyl (C=O) groups is 2. The molecule has 2 N–H and O–H groups in total. The van der Waals surface area contributed by atoms with Gasteiger partial charge in [0.25, 0.3) is 0 Å². The standard InChI is InChI=1S/C34H34N4O2/c1-37(23-24-9-3-2-4-10-24)34(40)32(20-25-15-16-26-11-5-6-12-27(26)19-25)38-18-17-35-31(33(38)39)21-28-22-36-30-14-8-7-13-29(28)30/h2-16,19,22,31-32,35-36H,17-18,20-21,23H2,1H3/t31-,32+/m1/s1. The van der Waals surface area contributed by atoms with Crippen molar-refractivity contribution in [3.8, 4) is 0 Å². The number of carbonyl (C=O) groups excluding carboxylic acids is 2. The lowest BCUT2D eigenvalue weighted by molar-refractivity contribution is -0.148. The van der Waals surface area contributed by atoms with Crippen molar-refractivity contribution in [2.45, 2.75) is 31.5 Å². The summed E-state index contributed by atoms with van der Waals surface area (Å²) in [5, 5.41) is 6.84. The van der Waals surface area contributed by atoms with Gasteiger partial charge in [0, 0.05) is 50.2 Å². The van der Waals surface area contributed by atoms with Gasteiger partial charge < -0.3 is 20.1 Å². The van der Waals surface area contributed by atoms with Crippen LogP contribution in [0.3, 0.4) is 0 Å². The van der Waals surface area contributed by atoms with E-state index in [0.29, 0.717) is 32.5 Å². The molecule has 0 radical (unpaired) electrons. The Morgan fingerprint density at radius 2 is 1.68 bits per heavy atom. The SMILES string of the molecule is CN(Cc1ccccc1)C(=O)[C@H](Cc1ccc2ccccc2c1)N1CCN[C@H](Cc2c[nH]c3ccccc23)C1=O. The average molecular weight is 531 g/mol. The smallest absolute Gasteiger partial charge is 0.245 e. The number of aromatic amines is 1. The minimum atomic E-state index is -0.588. The molecule has 1 fully saturated rings. The Bertz CT molecular complexity index is 1640. The maximum absolute atomic E-state index is 14.1. The van der Waals surface area contributed by atoms with E-state index in [4.69, 9.17) is 0 Å². The van der Waals surface area contributed by atoms with Crippen LogP contribution in [0.4, 0.5) is 0 Å². The van der Waals surface area contributed by atoms with Crippen LogP contribution in [0.1, 0.15) is 16.7 Å². The Balaban J connectivity index is 1.28. The molecule has 4 aromatic carbocycles. The van der Waals surface area contributed by atoms with E-state index in [-0.39, 0.29) is 17.9 Å². The molecule has 1 saturated heterocycles. The molecule has 202 valence electrons. The van der Waals surface area contributed by atoms with Crippen LogP contribution in [0.25, 0.3) is 21.7 Å². The molecule has 6 nitrogen and oxygen atoms in total. The Kier molecular flexibility index (Phi) is 7.34. The number of hydrogen-bond acceptors (Lipinski definition) is 3. The van der Waals surface area contributed by atoms with Crippen molar-refractivity contribution in [1.29, 1.82) is 0 Å². The van der Waals surface area contributed by atoms with Crippen LogP contribution in [0.2, 0.25) is 0 Å². The average Bonchev–Trinajstić information content (AvgIpc) is 3.40. The molecule has 1 aliphatic heterocycles. The van der Waals surface area contributed by atoms with Gasteiger partial charge in [0.1, 0.15) is 6.04 Å². The highest BCUT2D eigenvalue weighted by molar-refractivity contribution is 5.92. The topological polar surface area (TPSA) is 68.4 Å². The number of hydrogen-bond donors (Lipinski definition) is 2. The predicted octanol–water partition coefficient (Wildman–Crippen LogP) is 4.93. The Morgan fingerprint density at radius 1 is 0.925 bits per heavy atom. The van der Waals surface area contributed by atoms with Crippen LogP contribution in [0, 0.1) is 0 Å². The fourth-order valence-electron chi connectivity index (χ4n) is 5.86. The van der Waals surface area contributed by atoms with Crippen molar-refractivity contribution in [2.24, 2.45) is 0 Å². The summed E-state index contributed by atoms with van der Waals surface area (Å²) in [6, 6.07) is 31.7. The number of piperazine rings is 1. The van der Waals surface area contributed by atoms with Crippen molar-refractivity contribution in [3.05, 3.63) is 120 Å². The number of fused-ring (bicyclic) bond motifs is 2. The summed E-state index contributed by atoms with van der Waals surface area (Å²) in [4.78, 5) is 35.0. The van der Waals surface area contributed by atoms with Crippen molar-refractivity contribution >= 4 is 33.5 Å². The summed E-state index contributed by atoms with van der Waals surface area (Å²) in [5.41, 5.74) is 4.27. The number of nitrogens with zero attached hydrogens (tertiary/aromatic N) is 2. The highest BCUT2D eigenvalue weighted by Crippen LogP contribution is 2.23. The lowest BCUT2D eigenvalue weighted by Gasteiger charge is -2.39. The largest absolute Gasteiger partial charge is 0.361 e. The van der Waals surface area contributed by atoms with E-state index < -0.39 is 6.04 Å². The van der Waals surface area contributed by atoms with E-state index in [0.717, 1.165) is 38.4 Å². The third-order valence-electron chi connectivity index (χ3n) is 7.97. The van der Waals surface area contributed by atoms with E-state index in [2.05, 4.69) is 46.7 Å². The minimum absolute atomic E-state index is 0.0243. The number of nitrogens with one attached hydrogen (secondary N) is 2. The molecule has 0 unspecified atom stereocenters. The lowest BCUT2D eigenvalue weighted by atomic mass is 9.97. The second-order valence-electron chi connectivity index (χ2n) is 10.7. The molecular weight excluding hydrogens is 496 g/mol. The zero-order valence-electron chi connectivity index (χ0n) is 22.7. The molecule has 0 aliphatic carbocycles. The van der Waals surface area contributed by atoms with Gasteiger partial charge in [0.2, 0.25) is 11.8 Å². The molecule has 0 bridgehead atoms. The summed E-state index contributed by atoms with van der Waals surface area (Å²) < 4.78 is 0. The highest BCUT2D eigenvalue weighted by atomic mass is 16.2. The molecule has 0 spiro atoms. The van der Waals surface area contributed by atoms with Gasteiger partial charge in [-0.3, -0.25) is 9.59 Å². The number of para-hydroxylation sites is 1. The van der Waals surface area contributed by atoms with Crippen LogP contribution in [0.5, 0.6) is 0 Å². The molecule has 0 saturated carbocycles. The Hall–Kier alpha value is -4.42. The molecule has 6 rings (SSSR count). The second kappa shape index (κ2) is 11.4. The zero-order chi connectivity index (χ0) is 27.5. The van der Waals surface area contributed by atoms with E-state index in [1.165, 1.54) is 0 Å². The third-order valence-corrected chi connectivity index (χ3v) is 7.97.